The second-order valence-electron chi connectivity index (χ2n) is 4.90. The molecule has 0 aliphatic heterocycles. The zero-order chi connectivity index (χ0) is 13.0. The van der Waals surface area contributed by atoms with Crippen LogP contribution in [-0.2, 0) is 0 Å². The molecule has 0 unspecified atom stereocenters. The first-order valence-corrected chi connectivity index (χ1v) is 7.43. The van der Waals surface area contributed by atoms with Crippen LogP contribution in [-0.4, -0.2) is 7.85 Å². The molecule has 0 spiro atoms. The maximum Gasteiger partial charge on any atom is 0.141 e. The summed E-state index contributed by atoms with van der Waals surface area (Å²) in [6.07, 6.45) is 0. The molecule has 0 saturated heterocycles. The predicted molar refractivity (Wildman–Crippen MR) is 90.0 cm³/mol. The standard InChI is InChI=1S/C16H10BClS/c17-14-8-11(18)7-13-12-5-9-3-1-2-4-10(9)6-15(12)19-16(13)14/h1-8H,17H2. The molecule has 0 aliphatic rings. The SMILES string of the molecule is Bc1cc(Cl)cc2c1sc1cc3ccccc3cc12. The Kier molecular flexibility index (Phi) is 2.38. The predicted octanol–water partition coefficient (Wildman–Crippen LogP) is 4.12. The molecule has 0 saturated carbocycles. The molecule has 0 nitrogen and oxygen atoms in total. The largest absolute Gasteiger partial charge is 0.141 e. The molecule has 0 amide bonds. The molecule has 3 heteroatoms. The van der Waals surface area contributed by atoms with Gasteiger partial charge >= 0.3 is 0 Å². The number of fused-ring (bicyclic) bond motifs is 4. The summed E-state index contributed by atoms with van der Waals surface area (Å²) in [5.41, 5.74) is 1.26. The van der Waals surface area contributed by atoms with Crippen LogP contribution in [0.1, 0.15) is 0 Å². The van der Waals surface area contributed by atoms with E-state index in [9.17, 15) is 0 Å². The molecule has 0 bridgehead atoms. The quantitative estimate of drug-likeness (QED) is 0.425. The summed E-state index contributed by atoms with van der Waals surface area (Å²) in [5, 5.41) is 5.98. The molecule has 19 heavy (non-hydrogen) atoms. The van der Waals surface area contributed by atoms with Crippen molar-refractivity contribution in [2.45, 2.75) is 0 Å². The summed E-state index contributed by atoms with van der Waals surface area (Å²) in [6, 6.07) is 17.2. The van der Waals surface area contributed by atoms with E-state index in [1.165, 1.54) is 36.4 Å². The van der Waals surface area contributed by atoms with Crippen LogP contribution in [0.3, 0.4) is 0 Å². The van der Waals surface area contributed by atoms with Gasteiger partial charge in [0.25, 0.3) is 0 Å². The van der Waals surface area contributed by atoms with Crippen molar-refractivity contribution in [2.24, 2.45) is 0 Å². The highest BCUT2D eigenvalue weighted by molar-refractivity contribution is 7.26. The molecule has 3 aromatic carbocycles. The smallest absolute Gasteiger partial charge is 0.136 e. The fourth-order valence-corrected chi connectivity index (χ4v) is 4.15. The Hall–Kier alpha value is -1.51. The van der Waals surface area contributed by atoms with E-state index in [2.05, 4.69) is 50.3 Å². The molecule has 1 heterocycles. The summed E-state index contributed by atoms with van der Waals surface area (Å²) < 4.78 is 2.67. The number of thiophene rings is 1. The number of rotatable bonds is 0. The van der Waals surface area contributed by atoms with E-state index in [1.807, 2.05) is 17.4 Å². The fraction of sp³-hybridized carbons (Fsp3) is 0. The number of benzene rings is 3. The van der Waals surface area contributed by atoms with Gasteiger partial charge in [0, 0.05) is 25.2 Å². The lowest BCUT2D eigenvalue weighted by atomic mass is 9.94. The summed E-state index contributed by atoms with van der Waals surface area (Å²) >= 11 is 8.06. The van der Waals surface area contributed by atoms with Crippen LogP contribution in [0.2, 0.25) is 5.02 Å². The molecule has 0 atom stereocenters. The van der Waals surface area contributed by atoms with Crippen molar-refractivity contribution in [3.63, 3.8) is 0 Å². The highest BCUT2D eigenvalue weighted by Crippen LogP contribution is 2.36. The zero-order valence-corrected chi connectivity index (χ0v) is 12.0. The summed E-state index contributed by atoms with van der Waals surface area (Å²) in [7, 11) is 2.13. The van der Waals surface area contributed by atoms with E-state index in [0.29, 0.717) is 0 Å². The molecule has 0 N–H and O–H groups in total. The van der Waals surface area contributed by atoms with Crippen molar-refractivity contribution in [1.29, 1.82) is 0 Å². The average molecular weight is 281 g/mol. The van der Waals surface area contributed by atoms with E-state index in [4.69, 9.17) is 11.6 Å². The minimum absolute atomic E-state index is 0.817. The minimum Gasteiger partial charge on any atom is -0.136 e. The topological polar surface area (TPSA) is 0 Å². The second-order valence-corrected chi connectivity index (χ2v) is 6.39. The van der Waals surface area contributed by atoms with Gasteiger partial charge in [0.2, 0.25) is 0 Å². The van der Waals surface area contributed by atoms with Gasteiger partial charge in [-0.2, -0.15) is 0 Å². The Morgan fingerprint density at radius 3 is 2.42 bits per heavy atom. The summed E-state index contributed by atoms with van der Waals surface area (Å²) in [5.74, 6) is 0. The fourth-order valence-electron chi connectivity index (χ4n) is 2.69. The lowest BCUT2D eigenvalue weighted by Crippen LogP contribution is -2.00. The van der Waals surface area contributed by atoms with Crippen LogP contribution in [0.4, 0.5) is 0 Å². The van der Waals surface area contributed by atoms with E-state index in [1.54, 1.807) is 0 Å². The Labute approximate surface area is 121 Å². The first-order chi connectivity index (χ1) is 9.22. The van der Waals surface area contributed by atoms with Crippen molar-refractivity contribution < 1.29 is 0 Å². The van der Waals surface area contributed by atoms with Gasteiger partial charge < -0.3 is 0 Å². The molecule has 1 aromatic heterocycles. The molecular formula is C16H10BClS. The maximum atomic E-state index is 6.20. The van der Waals surface area contributed by atoms with Crippen LogP contribution >= 0.6 is 22.9 Å². The second kappa shape index (κ2) is 3.99. The van der Waals surface area contributed by atoms with E-state index < -0.39 is 0 Å². The van der Waals surface area contributed by atoms with Gasteiger partial charge in [0.15, 0.2) is 0 Å². The number of hydrogen-bond donors (Lipinski definition) is 0. The molecule has 0 fully saturated rings. The van der Waals surface area contributed by atoms with Crippen molar-refractivity contribution >= 4 is 67.2 Å². The van der Waals surface area contributed by atoms with Crippen molar-refractivity contribution in [2.75, 3.05) is 0 Å². The van der Waals surface area contributed by atoms with Gasteiger partial charge in [-0.15, -0.1) is 11.3 Å². The Balaban J connectivity index is 2.26. The van der Waals surface area contributed by atoms with E-state index >= 15 is 0 Å². The zero-order valence-electron chi connectivity index (χ0n) is 10.4. The molecule has 0 radical (unpaired) electrons. The number of halogens is 1. The third-order valence-corrected chi connectivity index (χ3v) is 5.11. The monoisotopic (exact) mass is 280 g/mol. The van der Waals surface area contributed by atoms with Crippen molar-refractivity contribution in [3.8, 4) is 0 Å². The third kappa shape index (κ3) is 1.67. The molecule has 90 valence electrons. The Morgan fingerprint density at radius 1 is 0.895 bits per heavy atom. The van der Waals surface area contributed by atoms with Gasteiger partial charge in [-0.1, -0.05) is 41.3 Å². The summed E-state index contributed by atoms with van der Waals surface area (Å²) in [4.78, 5) is 0. The van der Waals surface area contributed by atoms with Crippen LogP contribution in [0, 0.1) is 0 Å². The lowest BCUT2D eigenvalue weighted by Gasteiger charge is -1.99. The first-order valence-electron chi connectivity index (χ1n) is 6.23. The third-order valence-electron chi connectivity index (χ3n) is 3.59. The van der Waals surface area contributed by atoms with Crippen LogP contribution in [0.5, 0.6) is 0 Å². The molecule has 4 aromatic rings. The number of hydrogen-bond acceptors (Lipinski definition) is 1. The van der Waals surface area contributed by atoms with Crippen LogP contribution < -0.4 is 5.46 Å². The van der Waals surface area contributed by atoms with Crippen molar-refractivity contribution in [1.82, 2.24) is 0 Å². The first kappa shape index (κ1) is 11.3. The van der Waals surface area contributed by atoms with Gasteiger partial charge in [0.05, 0.1) is 0 Å². The minimum atomic E-state index is 0.817. The molecular weight excluding hydrogens is 271 g/mol. The highest BCUT2D eigenvalue weighted by Gasteiger charge is 2.09. The Bertz CT molecular complexity index is 940. The van der Waals surface area contributed by atoms with Gasteiger partial charge in [-0.05, 0) is 35.0 Å². The maximum absolute atomic E-state index is 6.20. The lowest BCUT2D eigenvalue weighted by molar-refractivity contribution is 1.81. The van der Waals surface area contributed by atoms with Crippen LogP contribution in [0.25, 0.3) is 30.9 Å². The van der Waals surface area contributed by atoms with E-state index in [0.717, 1.165) is 5.02 Å². The van der Waals surface area contributed by atoms with Gasteiger partial charge in [-0.25, -0.2) is 0 Å². The Morgan fingerprint density at radius 2 is 1.63 bits per heavy atom. The summed E-state index contributed by atoms with van der Waals surface area (Å²) in [6.45, 7) is 0. The van der Waals surface area contributed by atoms with Crippen LogP contribution in [0.15, 0.2) is 48.5 Å². The normalized spacial score (nSPS) is 11.6. The average Bonchev–Trinajstić information content (AvgIpc) is 2.74. The molecule has 4 rings (SSSR count). The van der Waals surface area contributed by atoms with Gasteiger partial charge in [-0.3, -0.25) is 0 Å². The van der Waals surface area contributed by atoms with Gasteiger partial charge in [0.1, 0.15) is 7.85 Å². The van der Waals surface area contributed by atoms with E-state index in [-0.39, 0.29) is 0 Å². The highest BCUT2D eigenvalue weighted by atomic mass is 35.5. The van der Waals surface area contributed by atoms with Crippen molar-refractivity contribution in [3.05, 3.63) is 53.6 Å². The molecule has 0 aliphatic carbocycles.